The molecule has 23 heavy (non-hydrogen) atoms. The first-order valence-electron chi connectivity index (χ1n) is 6.88. The monoisotopic (exact) mass is 331 g/mol. The average molecular weight is 332 g/mol. The molecule has 0 saturated carbocycles. The van der Waals surface area contributed by atoms with E-state index in [1.165, 1.54) is 12.5 Å². The van der Waals surface area contributed by atoms with Crippen LogP contribution in [0.25, 0.3) is 11.2 Å². The normalized spacial score (nSPS) is 10.7. The Morgan fingerprint density at radius 2 is 2.09 bits per heavy atom. The molecule has 118 valence electrons. The number of nitrogens with one attached hydrogen (secondary N) is 1. The van der Waals surface area contributed by atoms with E-state index in [2.05, 4.69) is 25.3 Å². The molecule has 1 N–H and O–H groups in total. The summed E-state index contributed by atoms with van der Waals surface area (Å²) in [5.74, 6) is 0.917. The summed E-state index contributed by atoms with van der Waals surface area (Å²) >= 11 is 5.99. The van der Waals surface area contributed by atoms with Gasteiger partial charge in [0.25, 0.3) is 0 Å². The molecule has 0 spiro atoms. The molecule has 0 bridgehead atoms. The van der Waals surface area contributed by atoms with Crippen molar-refractivity contribution in [3.8, 4) is 5.88 Å². The van der Waals surface area contributed by atoms with E-state index < -0.39 is 0 Å². The molecular weight excluding hydrogens is 318 g/mol. The number of halogens is 1. The van der Waals surface area contributed by atoms with Gasteiger partial charge in [0.1, 0.15) is 12.9 Å². The molecule has 0 aliphatic carbocycles. The molecule has 2 heterocycles. The summed E-state index contributed by atoms with van der Waals surface area (Å²) in [5.41, 5.74) is 1.79. The van der Waals surface area contributed by atoms with Gasteiger partial charge in [0.15, 0.2) is 17.0 Å². The highest BCUT2D eigenvalue weighted by Crippen LogP contribution is 2.23. The lowest BCUT2D eigenvalue weighted by molar-refractivity contribution is 0.143. The highest BCUT2D eigenvalue weighted by molar-refractivity contribution is 6.30. The van der Waals surface area contributed by atoms with Crippen LogP contribution in [0.2, 0.25) is 5.02 Å². The van der Waals surface area contributed by atoms with E-state index in [9.17, 15) is 0 Å². The molecule has 0 radical (unpaired) electrons. The fourth-order valence-corrected chi connectivity index (χ4v) is 2.11. The Bertz CT molecular complexity index is 815. The topological polar surface area (TPSA) is 82.0 Å². The lowest BCUT2D eigenvalue weighted by Gasteiger charge is -2.09. The van der Waals surface area contributed by atoms with E-state index in [1.54, 1.807) is 19.2 Å². The van der Waals surface area contributed by atoms with Gasteiger partial charge >= 0.3 is 0 Å². The number of hydrogen-bond acceptors (Lipinski definition) is 7. The van der Waals surface area contributed by atoms with Crippen LogP contribution in [0.5, 0.6) is 5.88 Å². The van der Waals surface area contributed by atoms with E-state index in [4.69, 9.17) is 21.1 Å². The van der Waals surface area contributed by atoms with Crippen molar-refractivity contribution in [2.75, 3.05) is 25.6 Å². The maximum Gasteiger partial charge on any atom is 0.233 e. The number of aromatic nitrogens is 4. The van der Waals surface area contributed by atoms with Crippen molar-refractivity contribution in [3.05, 3.63) is 41.8 Å². The standard InChI is InChI=1S/C15H14ClN5O2/c1-22-5-6-23-12-8-17-14-13(21-12)15(19-9-18-14)20-11-4-2-3-10(16)7-11/h2-4,7-9H,5-6H2,1H3,(H,17,18,19,20). The Balaban J connectivity index is 1.91. The zero-order valence-corrected chi connectivity index (χ0v) is 13.1. The smallest absolute Gasteiger partial charge is 0.233 e. The molecule has 0 aliphatic rings. The molecule has 0 atom stereocenters. The highest BCUT2D eigenvalue weighted by atomic mass is 35.5. The summed E-state index contributed by atoms with van der Waals surface area (Å²) in [4.78, 5) is 17.0. The van der Waals surface area contributed by atoms with E-state index in [1.807, 2.05) is 12.1 Å². The van der Waals surface area contributed by atoms with Gasteiger partial charge in [0.05, 0.1) is 12.8 Å². The number of nitrogens with zero attached hydrogens (tertiary/aromatic N) is 4. The van der Waals surface area contributed by atoms with Crippen molar-refractivity contribution < 1.29 is 9.47 Å². The van der Waals surface area contributed by atoms with Crippen molar-refractivity contribution in [1.29, 1.82) is 0 Å². The van der Waals surface area contributed by atoms with Crippen LogP contribution in [-0.2, 0) is 4.74 Å². The van der Waals surface area contributed by atoms with Crippen molar-refractivity contribution in [2.24, 2.45) is 0 Å². The second-order valence-electron chi connectivity index (χ2n) is 4.58. The molecule has 3 rings (SSSR count). The molecule has 0 aliphatic heterocycles. The Morgan fingerprint density at radius 3 is 2.91 bits per heavy atom. The molecular formula is C15H14ClN5O2. The van der Waals surface area contributed by atoms with Gasteiger partial charge in [-0.2, -0.15) is 0 Å². The molecule has 1 aromatic carbocycles. The zero-order chi connectivity index (χ0) is 16.1. The summed E-state index contributed by atoms with van der Waals surface area (Å²) in [6.45, 7) is 0.861. The Labute approximate surface area is 137 Å². The molecule has 8 heteroatoms. The number of benzene rings is 1. The number of rotatable bonds is 6. The number of ether oxygens (including phenoxy) is 2. The number of methoxy groups -OCH3 is 1. The minimum absolute atomic E-state index is 0.387. The second kappa shape index (κ2) is 7.17. The number of hydrogen-bond donors (Lipinski definition) is 1. The lowest BCUT2D eigenvalue weighted by atomic mass is 10.3. The minimum Gasteiger partial charge on any atom is -0.474 e. The van der Waals surface area contributed by atoms with Crippen LogP contribution in [0.3, 0.4) is 0 Å². The largest absolute Gasteiger partial charge is 0.474 e. The van der Waals surface area contributed by atoms with Crippen LogP contribution in [0.4, 0.5) is 11.5 Å². The molecule has 0 unspecified atom stereocenters. The van der Waals surface area contributed by atoms with Gasteiger partial charge < -0.3 is 14.8 Å². The average Bonchev–Trinajstić information content (AvgIpc) is 2.56. The maximum atomic E-state index is 5.99. The first kappa shape index (κ1) is 15.4. The van der Waals surface area contributed by atoms with Gasteiger partial charge in [-0.3, -0.25) is 0 Å². The Hall–Kier alpha value is -2.51. The van der Waals surface area contributed by atoms with Crippen LogP contribution >= 0.6 is 11.6 Å². The highest BCUT2D eigenvalue weighted by Gasteiger charge is 2.09. The van der Waals surface area contributed by atoms with Gasteiger partial charge in [-0.1, -0.05) is 17.7 Å². The van der Waals surface area contributed by atoms with Gasteiger partial charge in [-0.05, 0) is 18.2 Å². The maximum absolute atomic E-state index is 5.99. The number of anilines is 2. The van der Waals surface area contributed by atoms with Gasteiger partial charge in [0, 0.05) is 17.8 Å². The van der Waals surface area contributed by atoms with Crippen LogP contribution in [0.1, 0.15) is 0 Å². The summed E-state index contributed by atoms with van der Waals surface area (Å²) in [5, 5.41) is 3.79. The van der Waals surface area contributed by atoms with Crippen molar-refractivity contribution >= 4 is 34.3 Å². The molecule has 2 aromatic heterocycles. The van der Waals surface area contributed by atoms with E-state index in [0.29, 0.717) is 41.1 Å². The zero-order valence-electron chi connectivity index (χ0n) is 12.4. The first-order chi connectivity index (χ1) is 11.3. The summed E-state index contributed by atoms with van der Waals surface area (Å²) in [7, 11) is 1.61. The SMILES string of the molecule is COCCOc1cnc2ncnc(Nc3cccc(Cl)c3)c2n1. The van der Waals surface area contributed by atoms with Gasteiger partial charge in [0.2, 0.25) is 5.88 Å². The van der Waals surface area contributed by atoms with Gasteiger partial charge in [-0.15, -0.1) is 0 Å². The predicted molar refractivity (Wildman–Crippen MR) is 87.2 cm³/mol. The Morgan fingerprint density at radius 1 is 1.17 bits per heavy atom. The molecule has 3 aromatic rings. The molecule has 0 amide bonds. The molecule has 0 saturated heterocycles. The fraction of sp³-hybridized carbons (Fsp3) is 0.200. The molecule has 0 fully saturated rings. The quantitative estimate of drug-likeness (QED) is 0.695. The van der Waals surface area contributed by atoms with Crippen molar-refractivity contribution in [1.82, 2.24) is 19.9 Å². The minimum atomic E-state index is 0.387. The number of fused-ring (bicyclic) bond motifs is 1. The fourth-order valence-electron chi connectivity index (χ4n) is 1.92. The first-order valence-corrected chi connectivity index (χ1v) is 7.26. The van der Waals surface area contributed by atoms with Gasteiger partial charge in [-0.25, -0.2) is 19.9 Å². The summed E-state index contributed by atoms with van der Waals surface area (Å²) < 4.78 is 10.4. The van der Waals surface area contributed by atoms with Crippen molar-refractivity contribution in [3.63, 3.8) is 0 Å². The van der Waals surface area contributed by atoms with Crippen LogP contribution in [0, 0.1) is 0 Å². The van der Waals surface area contributed by atoms with Crippen LogP contribution < -0.4 is 10.1 Å². The van der Waals surface area contributed by atoms with E-state index >= 15 is 0 Å². The Kier molecular flexibility index (Phi) is 4.80. The third-order valence-corrected chi connectivity index (χ3v) is 3.18. The van der Waals surface area contributed by atoms with E-state index in [0.717, 1.165) is 5.69 Å². The third-order valence-electron chi connectivity index (χ3n) is 2.95. The second-order valence-corrected chi connectivity index (χ2v) is 5.02. The van der Waals surface area contributed by atoms with E-state index in [-0.39, 0.29) is 0 Å². The summed E-state index contributed by atoms with van der Waals surface area (Å²) in [6, 6.07) is 7.32. The predicted octanol–water partition coefficient (Wildman–Crippen LogP) is 2.84. The van der Waals surface area contributed by atoms with Crippen LogP contribution in [-0.4, -0.2) is 40.3 Å². The molecule has 7 nitrogen and oxygen atoms in total. The lowest BCUT2D eigenvalue weighted by Crippen LogP contribution is -2.06. The van der Waals surface area contributed by atoms with Crippen molar-refractivity contribution in [2.45, 2.75) is 0 Å². The van der Waals surface area contributed by atoms with Crippen LogP contribution in [0.15, 0.2) is 36.8 Å². The third kappa shape index (κ3) is 3.82. The summed E-state index contributed by atoms with van der Waals surface area (Å²) in [6.07, 6.45) is 2.95.